The molecular formula is C7H13NO4S. The number of carboxylic acid groups (broad SMARTS) is 1. The summed E-state index contributed by atoms with van der Waals surface area (Å²) in [5.41, 5.74) is 0. The molecule has 1 aliphatic rings. The van der Waals surface area contributed by atoms with Gasteiger partial charge in [-0.25, -0.2) is 12.7 Å². The van der Waals surface area contributed by atoms with E-state index >= 15 is 0 Å². The molecule has 1 N–H and O–H groups in total. The van der Waals surface area contributed by atoms with Gasteiger partial charge in [-0.2, -0.15) is 0 Å². The Morgan fingerprint density at radius 3 is 2.62 bits per heavy atom. The molecule has 1 aliphatic heterocycles. The smallest absolute Gasteiger partial charge is 0.307 e. The van der Waals surface area contributed by atoms with Gasteiger partial charge in [0.15, 0.2) is 0 Å². The zero-order valence-electron chi connectivity index (χ0n) is 7.43. The minimum atomic E-state index is -3.22. The van der Waals surface area contributed by atoms with E-state index in [0.29, 0.717) is 19.4 Å². The fraction of sp³-hybridized carbons (Fsp3) is 0.857. The highest BCUT2D eigenvalue weighted by Crippen LogP contribution is 2.18. The van der Waals surface area contributed by atoms with Crippen LogP contribution in [0.15, 0.2) is 0 Å². The van der Waals surface area contributed by atoms with Crippen LogP contribution in [0.5, 0.6) is 0 Å². The number of aliphatic carboxylic acids is 1. The second kappa shape index (κ2) is 3.63. The van der Waals surface area contributed by atoms with Gasteiger partial charge in [-0.05, 0) is 12.8 Å². The Bertz CT molecular complexity index is 298. The summed E-state index contributed by atoms with van der Waals surface area (Å²) < 4.78 is 23.4. The lowest BCUT2D eigenvalue weighted by molar-refractivity contribution is -0.142. The highest BCUT2D eigenvalue weighted by Gasteiger charge is 2.29. The molecule has 76 valence electrons. The molecule has 0 bridgehead atoms. The molecule has 1 atom stereocenters. The maximum Gasteiger partial charge on any atom is 0.307 e. The van der Waals surface area contributed by atoms with Crippen LogP contribution >= 0.6 is 0 Å². The molecule has 5 nitrogen and oxygen atoms in total. The molecule has 0 aromatic carbocycles. The van der Waals surface area contributed by atoms with Crippen molar-refractivity contribution in [2.45, 2.75) is 12.8 Å². The highest BCUT2D eigenvalue weighted by atomic mass is 32.2. The third-order valence-electron chi connectivity index (χ3n) is 2.20. The molecule has 0 spiro atoms. The van der Waals surface area contributed by atoms with Gasteiger partial charge < -0.3 is 5.11 Å². The van der Waals surface area contributed by atoms with Gasteiger partial charge in [0.05, 0.1) is 12.2 Å². The Kier molecular flexibility index (Phi) is 2.92. The zero-order valence-corrected chi connectivity index (χ0v) is 8.25. The monoisotopic (exact) mass is 207 g/mol. The zero-order chi connectivity index (χ0) is 10.1. The van der Waals surface area contributed by atoms with Crippen LogP contribution < -0.4 is 0 Å². The first-order valence-corrected chi connectivity index (χ1v) is 5.94. The van der Waals surface area contributed by atoms with E-state index < -0.39 is 21.9 Å². The van der Waals surface area contributed by atoms with Crippen LogP contribution in [0.25, 0.3) is 0 Å². The van der Waals surface area contributed by atoms with E-state index in [1.165, 1.54) is 4.31 Å². The molecule has 1 rings (SSSR count). The molecule has 0 aliphatic carbocycles. The summed E-state index contributed by atoms with van der Waals surface area (Å²) in [6.07, 6.45) is 2.31. The third kappa shape index (κ3) is 2.67. The van der Waals surface area contributed by atoms with Gasteiger partial charge >= 0.3 is 5.97 Å². The second-order valence-corrected chi connectivity index (χ2v) is 5.28. The first-order valence-electron chi connectivity index (χ1n) is 4.09. The summed E-state index contributed by atoms with van der Waals surface area (Å²) in [4.78, 5) is 10.6. The maximum atomic E-state index is 11.1. The van der Waals surface area contributed by atoms with Crippen molar-refractivity contribution < 1.29 is 18.3 Å². The van der Waals surface area contributed by atoms with Gasteiger partial charge in [0.1, 0.15) is 0 Å². The topological polar surface area (TPSA) is 74.7 Å². The minimum absolute atomic E-state index is 0.119. The van der Waals surface area contributed by atoms with Gasteiger partial charge in [-0.1, -0.05) is 0 Å². The van der Waals surface area contributed by atoms with Gasteiger partial charge in [0, 0.05) is 13.1 Å². The van der Waals surface area contributed by atoms with E-state index in [0.717, 1.165) is 6.26 Å². The Morgan fingerprint density at radius 2 is 2.15 bits per heavy atom. The summed E-state index contributed by atoms with van der Waals surface area (Å²) in [6, 6.07) is 0. The van der Waals surface area contributed by atoms with Crippen molar-refractivity contribution in [3.63, 3.8) is 0 Å². The molecular weight excluding hydrogens is 194 g/mol. The van der Waals surface area contributed by atoms with Crippen molar-refractivity contribution >= 4 is 16.0 Å². The molecule has 6 heteroatoms. The first-order chi connectivity index (χ1) is 5.91. The summed E-state index contributed by atoms with van der Waals surface area (Å²) in [5, 5.41) is 8.70. The second-order valence-electron chi connectivity index (χ2n) is 3.30. The number of carboxylic acids is 1. The average molecular weight is 207 g/mol. The van der Waals surface area contributed by atoms with E-state index in [-0.39, 0.29) is 6.54 Å². The molecule has 0 saturated carbocycles. The van der Waals surface area contributed by atoms with Crippen molar-refractivity contribution in [2.24, 2.45) is 5.92 Å². The van der Waals surface area contributed by atoms with Crippen LogP contribution in [-0.4, -0.2) is 43.1 Å². The van der Waals surface area contributed by atoms with Crippen molar-refractivity contribution in [3.8, 4) is 0 Å². The Morgan fingerprint density at radius 1 is 1.54 bits per heavy atom. The van der Waals surface area contributed by atoms with Gasteiger partial charge in [-0.3, -0.25) is 4.79 Å². The average Bonchev–Trinajstić information content (AvgIpc) is 2.03. The molecule has 1 unspecified atom stereocenters. The van der Waals surface area contributed by atoms with E-state index in [4.69, 9.17) is 5.11 Å². The van der Waals surface area contributed by atoms with E-state index in [2.05, 4.69) is 0 Å². The number of hydrogen-bond donors (Lipinski definition) is 1. The predicted molar refractivity (Wildman–Crippen MR) is 46.8 cm³/mol. The van der Waals surface area contributed by atoms with Gasteiger partial charge in [0.2, 0.25) is 10.0 Å². The molecule has 0 aromatic rings. The molecule has 1 heterocycles. The van der Waals surface area contributed by atoms with E-state index in [9.17, 15) is 13.2 Å². The van der Waals surface area contributed by atoms with E-state index in [1.807, 2.05) is 0 Å². The number of nitrogens with zero attached hydrogens (tertiary/aromatic N) is 1. The predicted octanol–water partition coefficient (Wildman–Crippen LogP) is -0.257. The Labute approximate surface area is 77.4 Å². The fourth-order valence-electron chi connectivity index (χ4n) is 1.45. The van der Waals surface area contributed by atoms with Crippen molar-refractivity contribution in [1.29, 1.82) is 0 Å². The van der Waals surface area contributed by atoms with Crippen molar-refractivity contribution in [1.82, 2.24) is 4.31 Å². The number of hydrogen-bond acceptors (Lipinski definition) is 3. The Balaban J connectivity index is 2.67. The quantitative estimate of drug-likeness (QED) is 0.677. The van der Waals surface area contributed by atoms with Crippen LogP contribution in [0.2, 0.25) is 0 Å². The minimum Gasteiger partial charge on any atom is -0.481 e. The number of sulfonamides is 1. The van der Waals surface area contributed by atoms with Gasteiger partial charge in [-0.15, -0.1) is 0 Å². The summed E-state index contributed by atoms with van der Waals surface area (Å²) in [7, 11) is -3.22. The summed E-state index contributed by atoms with van der Waals surface area (Å²) in [6.45, 7) is 0.566. The Hall–Kier alpha value is -0.620. The molecule has 0 aromatic heterocycles. The van der Waals surface area contributed by atoms with Gasteiger partial charge in [0.25, 0.3) is 0 Å². The number of piperidine rings is 1. The lowest BCUT2D eigenvalue weighted by Crippen LogP contribution is -2.41. The lowest BCUT2D eigenvalue weighted by Gasteiger charge is -2.28. The van der Waals surface area contributed by atoms with Crippen LogP contribution in [0, 0.1) is 5.92 Å². The third-order valence-corrected chi connectivity index (χ3v) is 3.47. The van der Waals surface area contributed by atoms with Crippen molar-refractivity contribution in [3.05, 3.63) is 0 Å². The SMILES string of the molecule is CS(=O)(=O)N1CCCC(C(=O)O)C1. The summed E-state index contributed by atoms with van der Waals surface area (Å²) >= 11 is 0. The van der Waals surface area contributed by atoms with Crippen molar-refractivity contribution in [2.75, 3.05) is 19.3 Å². The summed E-state index contributed by atoms with van der Waals surface area (Å²) in [5.74, 6) is -1.45. The molecule has 1 fully saturated rings. The van der Waals surface area contributed by atoms with E-state index in [1.54, 1.807) is 0 Å². The fourth-order valence-corrected chi connectivity index (χ4v) is 2.36. The standard InChI is InChI=1S/C7H13NO4S/c1-13(11,12)8-4-2-3-6(5-8)7(9)10/h6H,2-5H2,1H3,(H,9,10). The molecule has 0 amide bonds. The lowest BCUT2D eigenvalue weighted by atomic mass is 10.0. The van der Waals surface area contributed by atoms with Crippen LogP contribution in [0.1, 0.15) is 12.8 Å². The van der Waals surface area contributed by atoms with Crippen LogP contribution in [0.4, 0.5) is 0 Å². The molecule has 1 saturated heterocycles. The molecule has 13 heavy (non-hydrogen) atoms. The highest BCUT2D eigenvalue weighted by molar-refractivity contribution is 7.88. The number of rotatable bonds is 2. The maximum absolute atomic E-state index is 11.1. The normalized spacial score (nSPS) is 25.8. The first kappa shape index (κ1) is 10.5. The molecule has 0 radical (unpaired) electrons. The largest absolute Gasteiger partial charge is 0.481 e. The number of carbonyl (C=O) groups is 1. The van der Waals surface area contributed by atoms with Crippen LogP contribution in [-0.2, 0) is 14.8 Å². The van der Waals surface area contributed by atoms with Crippen LogP contribution in [0.3, 0.4) is 0 Å².